The molecular formula is C20H29N10O14P2+. The number of carbonyl (C=O) groups excluding carboxylic acids is 2. The molecule has 11 N–H and O–H groups in total. The molecule has 252 valence electrons. The van der Waals surface area contributed by atoms with Gasteiger partial charge in [-0.2, -0.15) is 14.3 Å². The Bertz CT molecular complexity index is 1470. The highest BCUT2D eigenvalue weighted by molar-refractivity contribution is 7.54. The Labute approximate surface area is 257 Å². The standard InChI is InChI=1S/C20H28N10O14P2/c21-19-25-13-7(15(33)27-19)23-3-29(13)17-9(31)11-5(41-17)1-39-45(35,36)44-12-6(2-40-46(37,38)43-11)42-18(10(12)32)30-4-24-8-14(30)26-20(22)28-16(8)34/h3-14,17-18,31-32,35-36H,1-2H2,(H6-,21,22,25,26,27,28,33,34,37,38)/p+1/t5-,6?,7?,8?,9-,10-,11-,12-,13?,14?,17-,18-/m1/s1. The SMILES string of the molecule is NC1=NC2C(N=CN2[C@@H]2O[C@@H]3CO[P+](O)(O)O[C@@H]4C(COP(=O)(O)O[C@H]3[C@H]2O)O[C@@H](N2C=NC3C(=O)NC(N)=NC32)[C@@H]4O)C(=O)N1. The average molecular weight is 695 g/mol. The summed E-state index contributed by atoms with van der Waals surface area (Å²) in [6, 6.07) is -2.07. The maximum atomic E-state index is 13.1. The molecule has 7 aliphatic heterocycles. The number of fused-ring (bicyclic) bond motifs is 4. The fourth-order valence-corrected chi connectivity index (χ4v) is 7.89. The number of amides is 2. The number of nitrogens with zero attached hydrogens (tertiary/aromatic N) is 6. The Balaban J connectivity index is 1.10. The summed E-state index contributed by atoms with van der Waals surface area (Å²) in [7, 11) is -9.89. The molecule has 0 aromatic heterocycles. The van der Waals surface area contributed by atoms with E-state index >= 15 is 0 Å². The summed E-state index contributed by atoms with van der Waals surface area (Å²) < 4.78 is 45.8. The van der Waals surface area contributed by atoms with Crippen molar-refractivity contribution in [1.82, 2.24) is 20.4 Å². The van der Waals surface area contributed by atoms with Crippen molar-refractivity contribution in [3.05, 3.63) is 0 Å². The molecule has 46 heavy (non-hydrogen) atoms. The number of guanidine groups is 2. The highest BCUT2D eigenvalue weighted by Crippen LogP contribution is 2.57. The number of aliphatic imine (C=N–C) groups is 4. The number of hydrogen-bond acceptors (Lipinski definition) is 21. The molecule has 0 aromatic carbocycles. The van der Waals surface area contributed by atoms with Gasteiger partial charge in [0.2, 0.25) is 0 Å². The number of carbonyl (C=O) groups is 2. The second kappa shape index (κ2) is 11.3. The molecule has 7 rings (SSSR count). The number of nitrogens with two attached hydrogens (primary N) is 2. The molecule has 13 atom stereocenters. The first-order valence-corrected chi connectivity index (χ1v) is 16.6. The molecule has 0 saturated carbocycles. The molecule has 0 radical (unpaired) electrons. The van der Waals surface area contributed by atoms with Crippen molar-refractivity contribution in [2.24, 2.45) is 31.4 Å². The van der Waals surface area contributed by atoms with Gasteiger partial charge in [-0.05, 0) is 0 Å². The monoisotopic (exact) mass is 695 g/mol. The van der Waals surface area contributed by atoms with Crippen molar-refractivity contribution in [3.8, 4) is 0 Å². The summed E-state index contributed by atoms with van der Waals surface area (Å²) in [6.07, 6.45) is -12.2. The molecule has 6 unspecified atom stereocenters. The van der Waals surface area contributed by atoms with Crippen LogP contribution >= 0.6 is 16.0 Å². The lowest BCUT2D eigenvalue weighted by Crippen LogP contribution is -2.57. The smallest absolute Gasteiger partial charge is 0.386 e. The second-order valence-corrected chi connectivity index (χ2v) is 13.8. The van der Waals surface area contributed by atoms with Gasteiger partial charge in [-0.1, -0.05) is 0 Å². The zero-order valence-corrected chi connectivity index (χ0v) is 24.9. The number of hydrogen-bond donors (Lipinski definition) is 9. The van der Waals surface area contributed by atoms with Crippen molar-refractivity contribution in [2.45, 2.75) is 73.5 Å². The van der Waals surface area contributed by atoms with Gasteiger partial charge in [-0.15, -0.1) is 4.52 Å². The number of aliphatic hydroxyl groups excluding tert-OH is 2. The Morgan fingerprint density at radius 3 is 1.91 bits per heavy atom. The van der Waals surface area contributed by atoms with Gasteiger partial charge in [0.25, 0.3) is 11.8 Å². The maximum Gasteiger partial charge on any atom is 0.570 e. The Kier molecular flexibility index (Phi) is 7.79. The van der Waals surface area contributed by atoms with Crippen LogP contribution in [0.25, 0.3) is 0 Å². The molecule has 0 bridgehead atoms. The molecule has 0 aliphatic carbocycles. The first-order chi connectivity index (χ1) is 21.7. The van der Waals surface area contributed by atoms with E-state index in [1.807, 2.05) is 0 Å². The normalized spacial score (nSPS) is 46.6. The van der Waals surface area contributed by atoms with Crippen LogP contribution in [0.5, 0.6) is 0 Å². The summed E-state index contributed by atoms with van der Waals surface area (Å²) in [5, 5.41) is 27.0. The molecule has 2 amide bonds. The third-order valence-electron chi connectivity index (χ3n) is 8.01. The van der Waals surface area contributed by atoms with E-state index in [0.29, 0.717) is 0 Å². The van der Waals surface area contributed by atoms with Crippen LogP contribution in [0.2, 0.25) is 0 Å². The van der Waals surface area contributed by atoms with Crippen LogP contribution in [0.1, 0.15) is 0 Å². The van der Waals surface area contributed by atoms with Crippen molar-refractivity contribution >= 4 is 52.4 Å². The van der Waals surface area contributed by atoms with E-state index in [2.05, 4.69) is 30.6 Å². The van der Waals surface area contributed by atoms with Crippen LogP contribution in [-0.4, -0.2) is 158 Å². The fourth-order valence-electron chi connectivity index (χ4n) is 5.95. The largest absolute Gasteiger partial charge is 0.570 e. The van der Waals surface area contributed by atoms with Crippen LogP contribution in [0, 0.1) is 0 Å². The van der Waals surface area contributed by atoms with Crippen molar-refractivity contribution < 1.29 is 66.6 Å². The minimum Gasteiger partial charge on any atom is -0.386 e. The molecule has 26 heteroatoms. The van der Waals surface area contributed by atoms with Crippen molar-refractivity contribution in [2.75, 3.05) is 13.2 Å². The topological polar surface area (TPSA) is 340 Å². The summed E-state index contributed by atoms with van der Waals surface area (Å²) in [4.78, 5) is 75.5. The number of phosphoric ester groups is 1. The zero-order chi connectivity index (χ0) is 32.7. The highest BCUT2D eigenvalue weighted by atomic mass is 31.2. The van der Waals surface area contributed by atoms with Gasteiger partial charge in [0.1, 0.15) is 37.1 Å². The van der Waals surface area contributed by atoms with E-state index in [9.17, 15) is 39.0 Å². The number of nitrogens with one attached hydrogen (secondary N) is 2. The lowest BCUT2D eigenvalue weighted by atomic mass is 10.1. The van der Waals surface area contributed by atoms with E-state index in [1.54, 1.807) is 0 Å². The van der Waals surface area contributed by atoms with Crippen LogP contribution in [-0.2, 0) is 41.7 Å². The van der Waals surface area contributed by atoms with Crippen LogP contribution in [0.15, 0.2) is 20.0 Å². The lowest BCUT2D eigenvalue weighted by Gasteiger charge is -2.33. The first kappa shape index (κ1) is 31.6. The summed E-state index contributed by atoms with van der Waals surface area (Å²) in [6.45, 7) is -1.60. The van der Waals surface area contributed by atoms with Gasteiger partial charge in [-0.25, -0.2) is 14.5 Å². The number of ether oxygens (including phenoxy) is 2. The Morgan fingerprint density at radius 1 is 0.870 bits per heavy atom. The Hall–Kier alpha value is -2.96. The minimum absolute atomic E-state index is 0.210. The van der Waals surface area contributed by atoms with Gasteiger partial charge < -0.3 is 45.8 Å². The number of phosphoric acid groups is 1. The molecule has 24 nitrogen and oxygen atoms in total. The number of aliphatic hydroxyl groups is 2. The van der Waals surface area contributed by atoms with E-state index in [1.165, 1.54) is 22.5 Å². The van der Waals surface area contributed by atoms with Gasteiger partial charge in [0.15, 0.2) is 54.9 Å². The minimum atomic E-state index is -5.06. The maximum absolute atomic E-state index is 13.1. The van der Waals surface area contributed by atoms with E-state index in [4.69, 9.17) is 39.0 Å². The molecule has 3 saturated heterocycles. The molecule has 7 heterocycles. The second-order valence-electron chi connectivity index (χ2n) is 10.9. The molecule has 0 aromatic rings. The van der Waals surface area contributed by atoms with E-state index in [0.717, 1.165) is 0 Å². The lowest BCUT2D eigenvalue weighted by molar-refractivity contribution is -0.125. The Morgan fingerprint density at radius 2 is 1.37 bits per heavy atom. The average Bonchev–Trinajstić information content (AvgIpc) is 3.72. The summed E-state index contributed by atoms with van der Waals surface area (Å²) >= 11 is 0. The summed E-state index contributed by atoms with van der Waals surface area (Å²) in [5.41, 5.74) is 11.3. The highest BCUT2D eigenvalue weighted by Gasteiger charge is 2.60. The third kappa shape index (κ3) is 5.53. The number of rotatable bonds is 2. The van der Waals surface area contributed by atoms with Crippen LogP contribution < -0.4 is 22.1 Å². The van der Waals surface area contributed by atoms with Crippen molar-refractivity contribution in [3.63, 3.8) is 0 Å². The molecular weight excluding hydrogens is 666 g/mol. The summed E-state index contributed by atoms with van der Waals surface area (Å²) in [5.74, 6) is -1.55. The van der Waals surface area contributed by atoms with E-state index < -0.39 is 115 Å². The van der Waals surface area contributed by atoms with E-state index in [-0.39, 0.29) is 11.9 Å². The third-order valence-corrected chi connectivity index (χ3v) is 10.00. The zero-order valence-electron chi connectivity index (χ0n) is 23.1. The van der Waals surface area contributed by atoms with Gasteiger partial charge in [0.05, 0.1) is 19.3 Å². The van der Waals surface area contributed by atoms with Gasteiger partial charge >= 0.3 is 16.0 Å². The van der Waals surface area contributed by atoms with Crippen molar-refractivity contribution in [1.29, 1.82) is 0 Å². The predicted octanol–water partition coefficient (Wildman–Crippen LogP) is -6.30. The van der Waals surface area contributed by atoms with Crippen LogP contribution in [0.4, 0.5) is 0 Å². The predicted molar refractivity (Wildman–Crippen MR) is 148 cm³/mol. The molecule has 0 spiro atoms. The fraction of sp³-hybridized carbons (Fsp3) is 0.700. The van der Waals surface area contributed by atoms with Crippen LogP contribution in [0.3, 0.4) is 0 Å². The van der Waals surface area contributed by atoms with Gasteiger partial charge in [0, 0.05) is 0 Å². The molecule has 7 aliphatic rings. The quantitative estimate of drug-likeness (QED) is 0.121. The molecule has 3 fully saturated rings. The first-order valence-electron chi connectivity index (χ1n) is 13.6. The van der Waals surface area contributed by atoms with Gasteiger partial charge in [-0.3, -0.25) is 39.3 Å².